The molecule has 0 radical (unpaired) electrons. The molecule has 144 valence electrons. The molecule has 1 unspecified atom stereocenters. The monoisotopic (exact) mass is 383 g/mol. The molecule has 0 aliphatic carbocycles. The third-order valence-corrected chi connectivity index (χ3v) is 4.84. The lowest BCUT2D eigenvalue weighted by Gasteiger charge is -2.14. The number of hydrogen-bond acceptors (Lipinski definition) is 5. The normalized spacial score (nSPS) is 11.9. The van der Waals surface area contributed by atoms with Crippen LogP contribution in [0.2, 0.25) is 0 Å². The standard InChI is InChI=1S/C23H21N5O/c1-15-22-10-18(6-7-23(22)28-27-15)19-9-21(13-26-12-19)29-14-20(25)8-16-2-4-17(11-24)5-3-16/h2-7,9-10,12-13,20H,8,14,25H2,1H3,(H,27,28). The van der Waals surface area contributed by atoms with Crippen LogP contribution in [0.15, 0.2) is 60.9 Å². The van der Waals surface area contributed by atoms with E-state index in [1.807, 2.05) is 43.5 Å². The largest absolute Gasteiger partial charge is 0.490 e. The number of H-pyrrole nitrogens is 1. The molecule has 4 aromatic rings. The number of nitrogens with two attached hydrogens (primary N) is 1. The smallest absolute Gasteiger partial charge is 0.138 e. The van der Waals surface area contributed by atoms with Crippen LogP contribution in [0.4, 0.5) is 0 Å². The predicted molar refractivity (Wildman–Crippen MR) is 112 cm³/mol. The lowest BCUT2D eigenvalue weighted by atomic mass is 10.0. The van der Waals surface area contributed by atoms with Crippen LogP contribution in [0.5, 0.6) is 5.75 Å². The van der Waals surface area contributed by atoms with Crippen LogP contribution < -0.4 is 10.5 Å². The molecular weight excluding hydrogens is 362 g/mol. The van der Waals surface area contributed by atoms with E-state index < -0.39 is 0 Å². The van der Waals surface area contributed by atoms with Gasteiger partial charge in [-0.25, -0.2) is 0 Å². The Morgan fingerprint density at radius 2 is 1.93 bits per heavy atom. The number of nitrogens with zero attached hydrogens (tertiary/aromatic N) is 3. The molecule has 3 N–H and O–H groups in total. The Bertz CT molecular complexity index is 1170. The van der Waals surface area contributed by atoms with Gasteiger partial charge in [0.1, 0.15) is 12.4 Å². The summed E-state index contributed by atoms with van der Waals surface area (Å²) in [6.45, 7) is 2.39. The summed E-state index contributed by atoms with van der Waals surface area (Å²) in [4.78, 5) is 4.31. The fourth-order valence-corrected chi connectivity index (χ4v) is 3.25. The minimum Gasteiger partial charge on any atom is -0.490 e. The number of hydrogen-bond donors (Lipinski definition) is 2. The summed E-state index contributed by atoms with van der Waals surface area (Å²) in [6.07, 6.45) is 4.19. The first kappa shape index (κ1) is 18.7. The molecule has 4 rings (SSSR count). The van der Waals surface area contributed by atoms with Crippen LogP contribution in [0.3, 0.4) is 0 Å². The van der Waals surface area contributed by atoms with E-state index in [4.69, 9.17) is 15.7 Å². The number of aromatic nitrogens is 3. The molecule has 0 saturated heterocycles. The van der Waals surface area contributed by atoms with Crippen LogP contribution in [-0.2, 0) is 6.42 Å². The van der Waals surface area contributed by atoms with Crippen molar-refractivity contribution >= 4 is 10.9 Å². The highest BCUT2D eigenvalue weighted by Gasteiger charge is 2.09. The van der Waals surface area contributed by atoms with Crippen LogP contribution in [0, 0.1) is 18.3 Å². The molecule has 29 heavy (non-hydrogen) atoms. The van der Waals surface area contributed by atoms with Gasteiger partial charge in [0.2, 0.25) is 0 Å². The topological polar surface area (TPSA) is 101 Å². The van der Waals surface area contributed by atoms with E-state index in [0.29, 0.717) is 24.3 Å². The Balaban J connectivity index is 1.42. The summed E-state index contributed by atoms with van der Waals surface area (Å²) >= 11 is 0. The third kappa shape index (κ3) is 4.26. The third-order valence-electron chi connectivity index (χ3n) is 4.84. The fraction of sp³-hybridized carbons (Fsp3) is 0.174. The van der Waals surface area contributed by atoms with Crippen molar-refractivity contribution < 1.29 is 4.74 Å². The highest BCUT2D eigenvalue weighted by Crippen LogP contribution is 2.27. The Hall–Kier alpha value is -3.69. The highest BCUT2D eigenvalue weighted by atomic mass is 16.5. The molecule has 0 aliphatic rings. The number of benzene rings is 2. The van der Waals surface area contributed by atoms with Crippen molar-refractivity contribution in [2.24, 2.45) is 5.73 Å². The van der Waals surface area contributed by atoms with Crippen molar-refractivity contribution in [3.8, 4) is 22.9 Å². The number of nitrogens with one attached hydrogen (secondary N) is 1. The van der Waals surface area contributed by atoms with Gasteiger partial charge in [0.15, 0.2) is 0 Å². The minimum absolute atomic E-state index is 0.156. The fourth-order valence-electron chi connectivity index (χ4n) is 3.25. The summed E-state index contributed by atoms with van der Waals surface area (Å²) < 4.78 is 5.88. The average molecular weight is 383 g/mol. The number of aryl methyl sites for hydroxylation is 1. The number of rotatable bonds is 6. The maximum absolute atomic E-state index is 8.87. The van der Waals surface area contributed by atoms with Gasteiger partial charge in [-0.15, -0.1) is 0 Å². The molecule has 0 saturated carbocycles. The van der Waals surface area contributed by atoms with E-state index in [9.17, 15) is 0 Å². The van der Waals surface area contributed by atoms with Crippen molar-refractivity contribution in [3.05, 3.63) is 77.7 Å². The Morgan fingerprint density at radius 1 is 1.10 bits per heavy atom. The van der Waals surface area contributed by atoms with Gasteiger partial charge in [0.25, 0.3) is 0 Å². The molecule has 0 bridgehead atoms. The summed E-state index contributed by atoms with van der Waals surface area (Å²) in [5.74, 6) is 0.682. The van der Waals surface area contributed by atoms with Crippen LogP contribution in [0.1, 0.15) is 16.8 Å². The van der Waals surface area contributed by atoms with Crippen LogP contribution in [0.25, 0.3) is 22.0 Å². The number of fused-ring (bicyclic) bond motifs is 1. The number of aromatic amines is 1. The molecule has 0 amide bonds. The Labute approximate surface area is 169 Å². The maximum atomic E-state index is 8.87. The van der Waals surface area contributed by atoms with E-state index in [-0.39, 0.29) is 6.04 Å². The van der Waals surface area contributed by atoms with Gasteiger partial charge in [-0.1, -0.05) is 18.2 Å². The summed E-state index contributed by atoms with van der Waals surface area (Å²) in [5, 5.41) is 17.2. The van der Waals surface area contributed by atoms with Gasteiger partial charge in [0.05, 0.1) is 23.3 Å². The predicted octanol–water partition coefficient (Wildman–Crippen LogP) is 3.75. The molecule has 0 spiro atoms. The van der Waals surface area contributed by atoms with Crippen molar-refractivity contribution in [3.63, 3.8) is 0 Å². The van der Waals surface area contributed by atoms with E-state index in [2.05, 4.69) is 27.3 Å². The van der Waals surface area contributed by atoms with Gasteiger partial charge < -0.3 is 10.5 Å². The van der Waals surface area contributed by atoms with Gasteiger partial charge in [-0.3, -0.25) is 10.1 Å². The first-order valence-electron chi connectivity index (χ1n) is 9.40. The summed E-state index contributed by atoms with van der Waals surface area (Å²) in [6, 6.07) is 17.5. The molecule has 0 aliphatic heterocycles. The molecule has 2 heterocycles. The van der Waals surface area contributed by atoms with Crippen molar-refractivity contribution in [1.29, 1.82) is 5.26 Å². The Kier molecular flexibility index (Phi) is 5.23. The number of pyridine rings is 1. The van der Waals surface area contributed by atoms with Gasteiger partial charge >= 0.3 is 0 Å². The second-order valence-corrected chi connectivity index (χ2v) is 7.07. The number of nitriles is 1. The lowest BCUT2D eigenvalue weighted by molar-refractivity contribution is 0.286. The minimum atomic E-state index is -0.156. The van der Waals surface area contributed by atoms with Crippen LogP contribution in [-0.4, -0.2) is 27.8 Å². The van der Waals surface area contributed by atoms with Gasteiger partial charge in [-0.2, -0.15) is 10.4 Å². The van der Waals surface area contributed by atoms with E-state index in [0.717, 1.165) is 33.3 Å². The molecular formula is C23H21N5O. The van der Waals surface area contributed by atoms with Crippen molar-refractivity contribution in [2.75, 3.05) is 6.61 Å². The SMILES string of the molecule is Cc1[nH]nc2ccc(-c3cncc(OCC(N)Cc4ccc(C#N)cc4)c3)cc12. The van der Waals surface area contributed by atoms with Crippen LogP contribution >= 0.6 is 0 Å². The van der Waals surface area contributed by atoms with Crippen molar-refractivity contribution in [1.82, 2.24) is 15.2 Å². The second-order valence-electron chi connectivity index (χ2n) is 7.07. The highest BCUT2D eigenvalue weighted by molar-refractivity contribution is 5.86. The van der Waals surface area contributed by atoms with E-state index >= 15 is 0 Å². The summed E-state index contributed by atoms with van der Waals surface area (Å²) in [7, 11) is 0. The molecule has 6 nitrogen and oxygen atoms in total. The summed E-state index contributed by atoms with van der Waals surface area (Å²) in [5.41, 5.74) is 12.0. The molecule has 2 aromatic carbocycles. The second kappa shape index (κ2) is 8.13. The molecule has 0 fully saturated rings. The maximum Gasteiger partial charge on any atom is 0.138 e. The zero-order valence-corrected chi connectivity index (χ0v) is 16.1. The zero-order chi connectivity index (χ0) is 20.2. The molecule has 1 atom stereocenters. The van der Waals surface area contributed by atoms with E-state index in [1.165, 1.54) is 0 Å². The zero-order valence-electron chi connectivity index (χ0n) is 16.1. The van der Waals surface area contributed by atoms with Crippen molar-refractivity contribution in [2.45, 2.75) is 19.4 Å². The number of ether oxygens (including phenoxy) is 1. The van der Waals surface area contributed by atoms with E-state index in [1.54, 1.807) is 18.3 Å². The first-order chi connectivity index (χ1) is 14.1. The average Bonchev–Trinajstić information content (AvgIpc) is 3.13. The van der Waals surface area contributed by atoms with Gasteiger partial charge in [-0.05, 0) is 54.8 Å². The molecule has 2 aromatic heterocycles. The lowest BCUT2D eigenvalue weighted by Crippen LogP contribution is -2.30. The van der Waals surface area contributed by atoms with Gasteiger partial charge in [0, 0.05) is 28.9 Å². The quantitative estimate of drug-likeness (QED) is 0.528. The first-order valence-corrected chi connectivity index (χ1v) is 9.40. The Morgan fingerprint density at radius 3 is 2.72 bits per heavy atom. The molecule has 6 heteroatoms.